The third-order valence-corrected chi connectivity index (χ3v) is 7.94. The summed E-state index contributed by atoms with van der Waals surface area (Å²) in [6.45, 7) is 12.8. The number of anilines is 6. The first kappa shape index (κ1) is 29.8. The Balaban J connectivity index is 1.27. The van der Waals surface area contributed by atoms with Crippen LogP contribution in [0.5, 0.6) is 11.5 Å². The van der Waals surface area contributed by atoms with Crippen molar-refractivity contribution in [2.24, 2.45) is 0 Å². The molecule has 6 aromatic rings. The summed E-state index contributed by atoms with van der Waals surface area (Å²) in [5.74, 6) is 1.58. The highest BCUT2D eigenvalue weighted by Gasteiger charge is 2.15. The maximum atomic E-state index is 6.34. The first-order valence-corrected chi connectivity index (χ1v) is 15.5. The molecule has 0 atom stereocenters. The molecule has 0 aliphatic heterocycles. The van der Waals surface area contributed by atoms with Gasteiger partial charge >= 0.3 is 0 Å². The van der Waals surface area contributed by atoms with E-state index in [1.807, 2.05) is 24.3 Å². The van der Waals surface area contributed by atoms with Gasteiger partial charge in [0, 0.05) is 34.1 Å². The monoisotopic (exact) mass is 588 g/mol. The normalized spacial score (nSPS) is 10.9. The van der Waals surface area contributed by atoms with Crippen molar-refractivity contribution in [3.8, 4) is 11.5 Å². The molecular weight excluding hydrogens is 548 g/mol. The molecule has 0 bridgehead atoms. The summed E-state index contributed by atoms with van der Waals surface area (Å²) in [6, 6.07) is 47.4. The molecule has 0 saturated carbocycles. The molecule has 45 heavy (non-hydrogen) atoms. The van der Waals surface area contributed by atoms with Crippen LogP contribution in [0.25, 0.3) is 0 Å². The molecule has 0 radical (unpaired) electrons. The zero-order chi connectivity index (χ0) is 31.5. The van der Waals surface area contributed by atoms with Crippen molar-refractivity contribution in [1.29, 1.82) is 0 Å². The van der Waals surface area contributed by atoms with Crippen LogP contribution in [0.3, 0.4) is 0 Å². The van der Waals surface area contributed by atoms with E-state index in [0.29, 0.717) is 0 Å². The molecule has 3 nitrogen and oxygen atoms in total. The highest BCUT2D eigenvalue weighted by atomic mass is 16.5. The first-order chi connectivity index (χ1) is 21.7. The molecule has 0 heterocycles. The van der Waals surface area contributed by atoms with Crippen LogP contribution in [0.1, 0.15) is 33.4 Å². The maximum absolute atomic E-state index is 6.34. The van der Waals surface area contributed by atoms with E-state index in [-0.39, 0.29) is 0 Å². The van der Waals surface area contributed by atoms with Crippen molar-refractivity contribution < 1.29 is 4.74 Å². The highest BCUT2D eigenvalue weighted by Crippen LogP contribution is 2.39. The van der Waals surface area contributed by atoms with Gasteiger partial charge in [-0.15, -0.1) is 0 Å². The lowest BCUT2D eigenvalue weighted by molar-refractivity contribution is 0.483. The number of nitrogens with zero attached hydrogens (tertiary/aromatic N) is 2. The largest absolute Gasteiger partial charge is 0.457 e. The van der Waals surface area contributed by atoms with Gasteiger partial charge < -0.3 is 14.5 Å². The Hall–Kier alpha value is -5.28. The first-order valence-electron chi connectivity index (χ1n) is 15.5. The van der Waals surface area contributed by atoms with Crippen LogP contribution in [-0.4, -0.2) is 0 Å². The SMILES string of the molecule is Cc1ccc(N(c2ccc(Oc3ccc(N(c4ccc(C)cc4)c4cc(C)cc(C)c4)cc3)cc2)c2cc(C)cc(C)c2)cc1. The van der Waals surface area contributed by atoms with Crippen LogP contribution in [0.2, 0.25) is 0 Å². The molecule has 0 saturated heterocycles. The standard InChI is InChI=1S/C42H40N2O/c1-29-7-11-35(12-8-29)43(39-25-31(3)23-32(4)26-39)37-15-19-41(20-16-37)45-42-21-17-38(18-22-42)44(36-13-9-30(2)10-14-36)40-27-33(5)24-34(6)28-40/h7-28H,1-6H3. The van der Waals surface area contributed by atoms with E-state index in [2.05, 4.69) is 161 Å². The van der Waals surface area contributed by atoms with Crippen molar-refractivity contribution in [3.05, 3.63) is 167 Å². The number of ether oxygens (including phenoxy) is 1. The molecule has 3 heteroatoms. The zero-order valence-electron chi connectivity index (χ0n) is 27.0. The summed E-state index contributed by atoms with van der Waals surface area (Å²) in [5, 5.41) is 0. The van der Waals surface area contributed by atoms with E-state index in [9.17, 15) is 0 Å². The minimum atomic E-state index is 0.792. The smallest absolute Gasteiger partial charge is 0.127 e. The number of benzene rings is 6. The van der Waals surface area contributed by atoms with Crippen molar-refractivity contribution >= 4 is 34.1 Å². The lowest BCUT2D eigenvalue weighted by Crippen LogP contribution is -2.10. The van der Waals surface area contributed by atoms with Gasteiger partial charge in [-0.25, -0.2) is 0 Å². The van der Waals surface area contributed by atoms with Crippen LogP contribution in [0.4, 0.5) is 34.1 Å². The highest BCUT2D eigenvalue weighted by molar-refractivity contribution is 5.79. The van der Waals surface area contributed by atoms with E-state index >= 15 is 0 Å². The molecule has 0 amide bonds. The van der Waals surface area contributed by atoms with Gasteiger partial charge in [0.25, 0.3) is 0 Å². The lowest BCUT2D eigenvalue weighted by Gasteiger charge is -2.27. The fourth-order valence-corrected chi connectivity index (χ4v) is 5.90. The lowest BCUT2D eigenvalue weighted by atomic mass is 10.1. The van der Waals surface area contributed by atoms with Crippen LogP contribution in [0.15, 0.2) is 133 Å². The summed E-state index contributed by atoms with van der Waals surface area (Å²) in [5.41, 5.74) is 14.1. The fraction of sp³-hybridized carbons (Fsp3) is 0.143. The molecule has 0 aromatic heterocycles. The van der Waals surface area contributed by atoms with E-state index in [1.165, 1.54) is 33.4 Å². The third kappa shape index (κ3) is 6.94. The van der Waals surface area contributed by atoms with Crippen molar-refractivity contribution in [1.82, 2.24) is 0 Å². The Kier molecular flexibility index (Phi) is 8.44. The second-order valence-corrected chi connectivity index (χ2v) is 12.1. The quantitative estimate of drug-likeness (QED) is 0.176. The molecule has 0 N–H and O–H groups in total. The van der Waals surface area contributed by atoms with E-state index in [0.717, 1.165) is 45.6 Å². The summed E-state index contributed by atoms with van der Waals surface area (Å²) in [4.78, 5) is 4.59. The number of hydrogen-bond donors (Lipinski definition) is 0. The van der Waals surface area contributed by atoms with Crippen LogP contribution in [-0.2, 0) is 0 Å². The van der Waals surface area contributed by atoms with Gasteiger partial charge in [-0.3, -0.25) is 0 Å². The Labute approximate surface area is 268 Å². The average molecular weight is 589 g/mol. The molecule has 0 aliphatic rings. The molecule has 6 rings (SSSR count). The van der Waals surface area contributed by atoms with E-state index in [4.69, 9.17) is 4.74 Å². The Morgan fingerprint density at radius 3 is 0.844 bits per heavy atom. The maximum Gasteiger partial charge on any atom is 0.127 e. The number of rotatable bonds is 8. The Morgan fingerprint density at radius 2 is 0.556 bits per heavy atom. The summed E-state index contributed by atoms with van der Waals surface area (Å²) in [7, 11) is 0. The molecule has 0 fully saturated rings. The van der Waals surface area contributed by atoms with Crippen molar-refractivity contribution in [2.45, 2.75) is 41.5 Å². The third-order valence-electron chi connectivity index (χ3n) is 7.94. The van der Waals surface area contributed by atoms with Gasteiger partial charge in [0.1, 0.15) is 11.5 Å². The van der Waals surface area contributed by atoms with Gasteiger partial charge in [-0.1, -0.05) is 47.5 Å². The van der Waals surface area contributed by atoms with E-state index < -0.39 is 0 Å². The number of aryl methyl sites for hydroxylation is 6. The number of hydrogen-bond acceptors (Lipinski definition) is 3. The predicted octanol–water partition coefficient (Wildman–Crippen LogP) is 12.3. The Morgan fingerprint density at radius 1 is 0.289 bits per heavy atom. The summed E-state index contributed by atoms with van der Waals surface area (Å²) >= 11 is 0. The molecule has 0 spiro atoms. The molecule has 224 valence electrons. The summed E-state index contributed by atoms with van der Waals surface area (Å²) < 4.78 is 6.34. The predicted molar refractivity (Wildman–Crippen MR) is 191 cm³/mol. The second kappa shape index (κ2) is 12.8. The topological polar surface area (TPSA) is 15.7 Å². The van der Waals surface area contributed by atoms with Gasteiger partial charge in [-0.2, -0.15) is 0 Å². The molecular formula is C42H40N2O. The zero-order valence-corrected chi connectivity index (χ0v) is 27.0. The van der Waals surface area contributed by atoms with E-state index in [1.54, 1.807) is 0 Å². The van der Waals surface area contributed by atoms with Crippen molar-refractivity contribution in [2.75, 3.05) is 9.80 Å². The average Bonchev–Trinajstić information content (AvgIpc) is 3.00. The van der Waals surface area contributed by atoms with Gasteiger partial charge in [0.2, 0.25) is 0 Å². The van der Waals surface area contributed by atoms with Crippen LogP contribution >= 0.6 is 0 Å². The molecule has 0 unspecified atom stereocenters. The van der Waals surface area contributed by atoms with Gasteiger partial charge in [0.15, 0.2) is 0 Å². The van der Waals surface area contributed by atoms with Gasteiger partial charge in [0.05, 0.1) is 0 Å². The minimum absolute atomic E-state index is 0.792. The second-order valence-electron chi connectivity index (χ2n) is 12.1. The van der Waals surface area contributed by atoms with Gasteiger partial charge in [-0.05, 0) is 161 Å². The summed E-state index contributed by atoms with van der Waals surface area (Å²) in [6.07, 6.45) is 0. The fourth-order valence-electron chi connectivity index (χ4n) is 5.90. The van der Waals surface area contributed by atoms with Crippen LogP contribution in [0, 0.1) is 41.5 Å². The Bertz CT molecular complexity index is 1720. The molecule has 0 aliphatic carbocycles. The van der Waals surface area contributed by atoms with Crippen LogP contribution < -0.4 is 14.5 Å². The minimum Gasteiger partial charge on any atom is -0.457 e. The molecule has 6 aromatic carbocycles. The van der Waals surface area contributed by atoms with Crippen molar-refractivity contribution in [3.63, 3.8) is 0 Å².